The Labute approximate surface area is 96.0 Å². The minimum Gasteiger partial charge on any atom is -0.388 e. The SMILES string of the molecule is CCC(O)C1=CCC2(C[C@H]3C=C[C@@H]2C3)C1=O. The monoisotopic (exact) mass is 218 g/mol. The zero-order valence-corrected chi connectivity index (χ0v) is 9.65. The molecule has 0 saturated heterocycles. The van der Waals surface area contributed by atoms with Crippen LogP contribution in [0.1, 0.15) is 32.6 Å². The lowest BCUT2D eigenvalue weighted by Gasteiger charge is -2.30. The summed E-state index contributed by atoms with van der Waals surface area (Å²) in [6, 6.07) is 0. The fourth-order valence-corrected chi connectivity index (χ4v) is 3.72. The Hall–Kier alpha value is -0.890. The number of carbonyl (C=O) groups excluding carboxylic acids is 1. The van der Waals surface area contributed by atoms with Crippen LogP contribution in [0.3, 0.4) is 0 Å². The number of aliphatic hydroxyl groups excluding tert-OH is 1. The summed E-state index contributed by atoms with van der Waals surface area (Å²) in [5, 5.41) is 9.83. The maximum atomic E-state index is 12.5. The van der Waals surface area contributed by atoms with Gasteiger partial charge in [0.05, 0.1) is 6.10 Å². The first-order valence-electron chi connectivity index (χ1n) is 6.28. The predicted molar refractivity (Wildman–Crippen MR) is 61.8 cm³/mol. The number of Topliss-reactive ketones (excluding diaryl/α,β-unsaturated/α-hetero) is 1. The van der Waals surface area contributed by atoms with Crippen LogP contribution in [0.5, 0.6) is 0 Å². The van der Waals surface area contributed by atoms with Crippen LogP contribution in [0, 0.1) is 17.3 Å². The van der Waals surface area contributed by atoms with Gasteiger partial charge in [0.15, 0.2) is 5.78 Å². The van der Waals surface area contributed by atoms with Gasteiger partial charge in [-0.05, 0) is 37.5 Å². The van der Waals surface area contributed by atoms with Crippen molar-refractivity contribution in [3.05, 3.63) is 23.8 Å². The van der Waals surface area contributed by atoms with Crippen molar-refractivity contribution in [1.82, 2.24) is 0 Å². The van der Waals surface area contributed by atoms with E-state index in [1.54, 1.807) is 0 Å². The fourth-order valence-electron chi connectivity index (χ4n) is 3.72. The molecule has 3 aliphatic rings. The Balaban J connectivity index is 1.88. The van der Waals surface area contributed by atoms with Crippen LogP contribution in [0.4, 0.5) is 0 Å². The first kappa shape index (κ1) is 10.3. The van der Waals surface area contributed by atoms with Crippen LogP contribution in [-0.2, 0) is 4.79 Å². The van der Waals surface area contributed by atoms with E-state index in [0.29, 0.717) is 23.8 Å². The number of fused-ring (bicyclic) bond motifs is 3. The molecule has 4 atom stereocenters. The summed E-state index contributed by atoms with van der Waals surface area (Å²) in [7, 11) is 0. The predicted octanol–water partition coefficient (Wildman–Crippen LogP) is 2.24. The molecule has 2 nitrogen and oxygen atoms in total. The molecule has 2 heteroatoms. The maximum Gasteiger partial charge on any atom is 0.168 e. The van der Waals surface area contributed by atoms with Crippen molar-refractivity contribution in [3.63, 3.8) is 0 Å². The minimum absolute atomic E-state index is 0.162. The quantitative estimate of drug-likeness (QED) is 0.722. The highest BCUT2D eigenvalue weighted by Gasteiger charge is 2.55. The molecule has 0 radical (unpaired) electrons. The largest absolute Gasteiger partial charge is 0.388 e. The minimum atomic E-state index is -0.546. The number of allylic oxidation sites excluding steroid dienone is 3. The molecule has 1 N–H and O–H groups in total. The Morgan fingerprint density at radius 2 is 2.38 bits per heavy atom. The normalized spacial score (nSPS) is 42.1. The van der Waals surface area contributed by atoms with E-state index in [-0.39, 0.29) is 11.2 Å². The van der Waals surface area contributed by atoms with Gasteiger partial charge in [-0.1, -0.05) is 25.2 Å². The van der Waals surface area contributed by atoms with Crippen molar-refractivity contribution < 1.29 is 9.90 Å². The van der Waals surface area contributed by atoms with Crippen molar-refractivity contribution in [3.8, 4) is 0 Å². The lowest BCUT2D eigenvalue weighted by molar-refractivity contribution is -0.125. The second kappa shape index (κ2) is 3.30. The average Bonchev–Trinajstić information content (AvgIpc) is 2.95. The number of aliphatic hydroxyl groups is 1. The summed E-state index contributed by atoms with van der Waals surface area (Å²) < 4.78 is 0. The highest BCUT2D eigenvalue weighted by atomic mass is 16.3. The molecule has 16 heavy (non-hydrogen) atoms. The standard InChI is InChI=1S/C14H18O2/c1-2-12(15)11-5-6-14(13(11)16)8-9-3-4-10(14)7-9/h3-5,9-10,12,15H,2,6-8H2,1H3/t9-,10+,12?,14?/m0/s1. The summed E-state index contributed by atoms with van der Waals surface area (Å²) in [4.78, 5) is 12.5. The lowest BCUT2D eigenvalue weighted by Crippen LogP contribution is -2.34. The smallest absolute Gasteiger partial charge is 0.168 e. The van der Waals surface area contributed by atoms with E-state index in [4.69, 9.17) is 0 Å². The summed E-state index contributed by atoms with van der Waals surface area (Å²) in [6.07, 6.45) is 9.57. The Bertz CT molecular complexity index is 394. The van der Waals surface area contributed by atoms with E-state index >= 15 is 0 Å². The first-order valence-corrected chi connectivity index (χ1v) is 6.28. The molecule has 0 aliphatic heterocycles. The van der Waals surface area contributed by atoms with Gasteiger partial charge >= 0.3 is 0 Å². The van der Waals surface area contributed by atoms with Gasteiger partial charge in [0.25, 0.3) is 0 Å². The molecule has 3 aliphatic carbocycles. The fraction of sp³-hybridized carbons (Fsp3) is 0.643. The molecule has 0 heterocycles. The molecule has 1 spiro atoms. The van der Waals surface area contributed by atoms with Gasteiger partial charge in [0, 0.05) is 11.0 Å². The van der Waals surface area contributed by atoms with Gasteiger partial charge in [-0.15, -0.1) is 0 Å². The van der Waals surface area contributed by atoms with Crippen molar-refractivity contribution in [2.75, 3.05) is 0 Å². The molecule has 0 aromatic heterocycles. The lowest BCUT2D eigenvalue weighted by atomic mass is 9.72. The first-order chi connectivity index (χ1) is 7.67. The Morgan fingerprint density at radius 3 is 2.94 bits per heavy atom. The van der Waals surface area contributed by atoms with Crippen molar-refractivity contribution >= 4 is 5.78 Å². The van der Waals surface area contributed by atoms with Crippen molar-refractivity contribution in [2.45, 2.75) is 38.7 Å². The Morgan fingerprint density at radius 1 is 1.56 bits per heavy atom. The van der Waals surface area contributed by atoms with Gasteiger partial charge < -0.3 is 5.11 Å². The molecule has 0 aromatic carbocycles. The summed E-state index contributed by atoms with van der Waals surface area (Å²) in [5.74, 6) is 1.28. The number of ketones is 1. The molecular formula is C14H18O2. The molecule has 3 rings (SSSR count). The van der Waals surface area contributed by atoms with E-state index in [1.807, 2.05) is 13.0 Å². The van der Waals surface area contributed by atoms with Gasteiger partial charge in [0.1, 0.15) is 0 Å². The van der Waals surface area contributed by atoms with E-state index in [1.165, 1.54) is 0 Å². The zero-order chi connectivity index (χ0) is 11.3. The van der Waals surface area contributed by atoms with Crippen LogP contribution >= 0.6 is 0 Å². The molecule has 1 fully saturated rings. The Kier molecular flexibility index (Phi) is 2.12. The topological polar surface area (TPSA) is 37.3 Å². The molecule has 2 bridgehead atoms. The third-order valence-corrected chi connectivity index (χ3v) is 4.65. The van der Waals surface area contributed by atoms with Gasteiger partial charge in [-0.2, -0.15) is 0 Å². The summed E-state index contributed by atoms with van der Waals surface area (Å²) >= 11 is 0. The number of carbonyl (C=O) groups is 1. The summed E-state index contributed by atoms with van der Waals surface area (Å²) in [5.41, 5.74) is 0.522. The van der Waals surface area contributed by atoms with Crippen LogP contribution in [0.25, 0.3) is 0 Å². The molecule has 0 amide bonds. The third kappa shape index (κ3) is 1.14. The molecule has 86 valence electrons. The van der Waals surface area contributed by atoms with Crippen LogP contribution in [0.15, 0.2) is 23.8 Å². The zero-order valence-electron chi connectivity index (χ0n) is 9.65. The van der Waals surface area contributed by atoms with Crippen molar-refractivity contribution in [2.24, 2.45) is 17.3 Å². The molecule has 0 aromatic rings. The molecule has 1 saturated carbocycles. The highest BCUT2D eigenvalue weighted by molar-refractivity contribution is 6.04. The summed E-state index contributed by atoms with van der Waals surface area (Å²) in [6.45, 7) is 1.92. The van der Waals surface area contributed by atoms with E-state index in [9.17, 15) is 9.90 Å². The highest BCUT2D eigenvalue weighted by Crippen LogP contribution is 2.58. The van der Waals surface area contributed by atoms with Gasteiger partial charge in [-0.25, -0.2) is 0 Å². The number of rotatable bonds is 2. The van der Waals surface area contributed by atoms with E-state index < -0.39 is 6.10 Å². The third-order valence-electron chi connectivity index (χ3n) is 4.65. The van der Waals surface area contributed by atoms with Crippen LogP contribution < -0.4 is 0 Å². The maximum absolute atomic E-state index is 12.5. The van der Waals surface area contributed by atoms with E-state index in [0.717, 1.165) is 19.3 Å². The second-order valence-corrected chi connectivity index (χ2v) is 5.46. The van der Waals surface area contributed by atoms with Gasteiger partial charge in [-0.3, -0.25) is 4.79 Å². The van der Waals surface area contributed by atoms with Gasteiger partial charge in [0.2, 0.25) is 0 Å². The van der Waals surface area contributed by atoms with Crippen molar-refractivity contribution in [1.29, 1.82) is 0 Å². The average molecular weight is 218 g/mol. The number of hydrogen-bond acceptors (Lipinski definition) is 2. The molecule has 2 unspecified atom stereocenters. The van der Waals surface area contributed by atoms with E-state index in [2.05, 4.69) is 12.2 Å². The van der Waals surface area contributed by atoms with Crippen LogP contribution in [0.2, 0.25) is 0 Å². The molecular weight excluding hydrogens is 200 g/mol. The second-order valence-electron chi connectivity index (χ2n) is 5.46. The van der Waals surface area contributed by atoms with Crippen LogP contribution in [-0.4, -0.2) is 17.0 Å². The number of hydrogen-bond donors (Lipinski definition) is 1.